The van der Waals surface area contributed by atoms with Crippen molar-refractivity contribution in [2.24, 2.45) is 11.8 Å². The zero-order chi connectivity index (χ0) is 80.4. The minimum Gasteiger partial charge on any atom is -0.507 e. The number of carbonyl (C=O) groups excluding carboxylic acids is 5. The van der Waals surface area contributed by atoms with Gasteiger partial charge in [-0.2, -0.15) is 0 Å². The number of carbonyl (C=O) groups is 5. The summed E-state index contributed by atoms with van der Waals surface area (Å²) in [5.41, 5.74) is -19.6. The maximum Gasteiger partial charge on any atom is 0.232 e. The smallest absolute Gasteiger partial charge is 0.232 e. The normalized spacial score (nSPS) is 42.8. The fraction of sp³-hybridized carbons (Fsp3) is 0.701. The number of benzene rings is 3. The van der Waals surface area contributed by atoms with Gasteiger partial charge in [0.15, 0.2) is 65.7 Å². The van der Waals surface area contributed by atoms with Gasteiger partial charge in [0.05, 0.1) is 139 Å². The number of aliphatic hydroxyl groups is 11. The average molecular weight is 1570 g/mol. The van der Waals surface area contributed by atoms with E-state index in [-0.39, 0.29) is 68.7 Å². The van der Waals surface area contributed by atoms with Crippen molar-refractivity contribution in [3.05, 3.63) is 50.8 Å². The van der Waals surface area contributed by atoms with E-state index in [1.807, 2.05) is 0 Å². The molecule has 14 rings (SSSR count). The molecule has 111 heavy (non-hydrogen) atoms. The van der Waals surface area contributed by atoms with Gasteiger partial charge < -0.3 is 143 Å². The second-order valence-corrected chi connectivity index (χ2v) is 31.7. The van der Waals surface area contributed by atoms with Gasteiger partial charge >= 0.3 is 0 Å². The molecule has 2 saturated carbocycles. The Morgan fingerprint density at radius 1 is 0.532 bits per heavy atom. The maximum absolute atomic E-state index is 16.2. The molecule has 6 saturated heterocycles. The molecule has 30 atom stereocenters. The third-order valence-corrected chi connectivity index (χ3v) is 25.6. The zero-order valence-corrected chi connectivity index (χ0v) is 63.2. The minimum absolute atomic E-state index is 0.00134. The molecule has 6 heterocycles. The number of rotatable bonds is 19. The number of phenolic OH excluding ortho intramolecular Hbond substituents is 4. The Balaban J connectivity index is 0.865. The van der Waals surface area contributed by atoms with Crippen LogP contribution in [0.1, 0.15) is 197 Å². The molecule has 0 unspecified atom stereocenters. The van der Waals surface area contributed by atoms with Crippen LogP contribution in [0, 0.1) is 11.8 Å². The molecule has 612 valence electrons. The number of aliphatic hydroxyl groups excluding tert-OH is 7. The van der Waals surface area contributed by atoms with E-state index in [0.29, 0.717) is 0 Å². The van der Waals surface area contributed by atoms with Gasteiger partial charge in [-0.15, -0.1) is 0 Å². The highest BCUT2D eigenvalue weighted by Gasteiger charge is 2.82. The predicted molar refractivity (Wildman–Crippen MR) is 374 cm³/mol. The van der Waals surface area contributed by atoms with E-state index in [4.69, 9.17) is 66.3 Å². The number of phenols is 4. The van der Waals surface area contributed by atoms with Crippen molar-refractivity contribution in [1.29, 1.82) is 0 Å². The molecule has 0 radical (unpaired) electrons. The van der Waals surface area contributed by atoms with Gasteiger partial charge in [-0.25, -0.2) is 0 Å². The van der Waals surface area contributed by atoms with Crippen molar-refractivity contribution in [2.45, 2.75) is 308 Å². The Morgan fingerprint density at radius 2 is 1.08 bits per heavy atom. The number of Topliss-reactive ketones (excluding diaryl/α,β-unsaturated/α-hetero) is 5. The summed E-state index contributed by atoms with van der Waals surface area (Å²) in [5.74, 6) is -16.6. The van der Waals surface area contributed by atoms with E-state index in [0.717, 1.165) is 21.3 Å². The topological polar surface area (TPSA) is 518 Å². The lowest BCUT2D eigenvalue weighted by Gasteiger charge is -2.60. The highest BCUT2D eigenvalue weighted by atomic mass is 16.7. The molecule has 34 nitrogen and oxygen atoms in total. The molecular weight excluding hydrogens is 1470 g/mol. The van der Waals surface area contributed by atoms with Gasteiger partial charge in [-0.3, -0.25) is 24.0 Å². The van der Waals surface area contributed by atoms with Crippen LogP contribution in [0.15, 0.2) is 11.8 Å². The first kappa shape index (κ1) is 81.3. The second-order valence-electron chi connectivity index (χ2n) is 31.7. The predicted octanol–water partition coefficient (Wildman–Crippen LogP) is 1.53. The van der Waals surface area contributed by atoms with Crippen LogP contribution >= 0.6 is 0 Å². The average Bonchev–Trinajstić information content (AvgIpc) is 1.54. The van der Waals surface area contributed by atoms with Crippen LogP contribution < -0.4 is 9.47 Å². The van der Waals surface area contributed by atoms with Crippen LogP contribution in [0.2, 0.25) is 0 Å². The Bertz CT molecular complexity index is 4220. The number of hydrogen-bond donors (Lipinski definition) is 15. The van der Waals surface area contributed by atoms with Gasteiger partial charge in [0.1, 0.15) is 76.4 Å². The molecule has 34 heteroatoms. The van der Waals surface area contributed by atoms with Gasteiger partial charge in [0.25, 0.3) is 0 Å². The molecule has 6 aliphatic heterocycles. The highest BCUT2D eigenvalue weighted by Crippen LogP contribution is 2.69. The van der Waals surface area contributed by atoms with E-state index < -0.39 is 320 Å². The standard InChI is InChI=1S/C77H100O34/c1-12-19-74(95)71(109-40-17-15-38(27(4)102-40)106-41-18-21-73(94,30(7)78)31(8)105-41)61(90)64(107-42-24-36(80)53(82)28(5)103-42)34-23-32-22-33-45(55(84)44(32)69(92)76(34,74)96)56(85)49(67(100-11)63(33)98-9)48-57(86)46-47(60(89)66(48)99-10)58(87)50-51(59(46)88)70(93)77(97)52-65(50)111-75(77,20-13-2)72(110-39-16-14-35(79)26(3)101-39)62(91)68(52)108-43-25-37(81)54(83)29(6)104-43/h22,26-29,31,34-43,52-54,61-62,64-65,68,71-72,79-85,87-88,90-91,94-97H,12-21,23-25H2,1-11H3/t26-,27-,28+,29+,31-,34+,35+,36-,37-,38+,39+,40+,41-,42+,43+,52+,53+,54+,61+,62+,64-,65-,68-,71-,72-,73+,74-,75-,76+,77+/m0/s1. The summed E-state index contributed by atoms with van der Waals surface area (Å²) in [4.78, 5) is 76.4. The third kappa shape index (κ3) is 12.0. The van der Waals surface area contributed by atoms with E-state index in [2.05, 4.69) is 0 Å². The van der Waals surface area contributed by atoms with Gasteiger partial charge in [0.2, 0.25) is 23.1 Å². The van der Waals surface area contributed by atoms with E-state index >= 15 is 19.2 Å². The van der Waals surface area contributed by atoms with Crippen molar-refractivity contribution in [3.63, 3.8) is 0 Å². The molecule has 3 aromatic carbocycles. The summed E-state index contributed by atoms with van der Waals surface area (Å²) < 4.78 is 87.2. The number of ether oxygens (including phenoxy) is 14. The van der Waals surface area contributed by atoms with Crippen molar-refractivity contribution >= 4 is 45.3 Å². The number of allylic oxidation sites excluding steroid dienone is 2. The lowest BCUT2D eigenvalue weighted by molar-refractivity contribution is -0.358. The summed E-state index contributed by atoms with van der Waals surface area (Å²) >= 11 is 0. The van der Waals surface area contributed by atoms with Gasteiger partial charge in [-0.05, 0) is 91.7 Å². The number of aromatic hydroxyl groups is 4. The lowest BCUT2D eigenvalue weighted by Crippen LogP contribution is -2.80. The van der Waals surface area contributed by atoms with E-state index in [9.17, 15) is 81.4 Å². The van der Waals surface area contributed by atoms with E-state index in [1.54, 1.807) is 34.6 Å². The fourth-order valence-electron chi connectivity index (χ4n) is 19.8. The fourth-order valence-corrected chi connectivity index (χ4v) is 19.8. The van der Waals surface area contributed by atoms with Gasteiger partial charge in [0, 0.05) is 49.0 Å². The molecular formula is C77H100O34. The molecule has 8 fully saturated rings. The number of fused-ring (bicyclic) bond motifs is 6. The maximum atomic E-state index is 16.2. The first-order valence-electron chi connectivity index (χ1n) is 38.0. The van der Waals surface area contributed by atoms with Crippen molar-refractivity contribution in [2.75, 3.05) is 21.3 Å². The summed E-state index contributed by atoms with van der Waals surface area (Å²) in [7, 11) is 3.10. The van der Waals surface area contributed by atoms with Crippen molar-refractivity contribution < 1.29 is 167 Å². The molecule has 3 aromatic rings. The molecule has 0 amide bonds. The quantitative estimate of drug-likeness (QED) is 0.0757. The Kier molecular flexibility index (Phi) is 21.6. The summed E-state index contributed by atoms with van der Waals surface area (Å²) in [5, 5.41) is 183. The molecule has 4 bridgehead atoms. The van der Waals surface area contributed by atoms with Crippen LogP contribution in [0.5, 0.6) is 34.5 Å². The highest BCUT2D eigenvalue weighted by molar-refractivity contribution is 6.43. The first-order chi connectivity index (χ1) is 52.4. The SMILES string of the molecule is CCC[C@@]12O[C@H]3c4c(O)c5c(c(O)c4C(=O)[C@]1(O)[C@H]3[C@H](O[C@@H]1C[C@H](O)[C@H](O)[C@@H](C)O1)[C@@H](O)[C@@H]2O[C@@H]1CC[C@@H](O)[C@H](C)O1)C(=O)C(c1c(OC)c(OC)c2cc3c(c(O)c2c1O)C(=O)[C@]1(O)[C@H](C3)[C@H](O[C@@H]2C[C@H](O)[C@H](O)[C@@H](C)O2)[C@@H](O)[C@H](O[C@@H]2CC[C@@H](O[C@H]3CC[C@@](O)(C(C)=O)[C@H](C)O3)[C@H](C)O2)[C@@]1(O)CCC)=C(OC)C5=O. The summed E-state index contributed by atoms with van der Waals surface area (Å²) in [6.45, 7) is 12.2. The summed E-state index contributed by atoms with van der Waals surface area (Å²) in [6.07, 6.45) is -33.1. The molecule has 11 aliphatic rings. The minimum atomic E-state index is -3.19. The van der Waals surface area contributed by atoms with Crippen molar-refractivity contribution in [3.8, 4) is 34.5 Å². The van der Waals surface area contributed by atoms with Crippen LogP contribution in [0.4, 0.5) is 0 Å². The van der Waals surface area contributed by atoms with Crippen LogP contribution in [-0.2, 0) is 68.1 Å². The Morgan fingerprint density at radius 3 is 1.65 bits per heavy atom. The number of hydrogen-bond acceptors (Lipinski definition) is 34. The molecule has 15 N–H and O–H groups in total. The lowest BCUT2D eigenvalue weighted by atomic mass is 9.53. The second kappa shape index (κ2) is 29.5. The Labute approximate surface area is 636 Å². The monoisotopic (exact) mass is 1570 g/mol. The van der Waals surface area contributed by atoms with Crippen LogP contribution in [0.25, 0.3) is 16.3 Å². The van der Waals surface area contributed by atoms with Gasteiger partial charge in [-0.1, -0.05) is 26.7 Å². The number of ketones is 5. The summed E-state index contributed by atoms with van der Waals surface area (Å²) in [6, 6.07) is 1.25. The van der Waals surface area contributed by atoms with Crippen LogP contribution in [0.3, 0.4) is 0 Å². The first-order valence-corrected chi connectivity index (χ1v) is 38.0. The molecule has 0 spiro atoms. The number of methoxy groups -OCH3 is 3. The van der Waals surface area contributed by atoms with E-state index in [1.165, 1.54) is 26.8 Å². The molecule has 0 aromatic heterocycles. The largest absolute Gasteiger partial charge is 0.507 e. The third-order valence-electron chi connectivity index (χ3n) is 25.6. The van der Waals surface area contributed by atoms with Crippen molar-refractivity contribution in [1.82, 2.24) is 0 Å². The van der Waals surface area contributed by atoms with Crippen LogP contribution in [-0.4, -0.2) is 290 Å². The molecule has 5 aliphatic carbocycles. The zero-order valence-electron chi connectivity index (χ0n) is 63.2. The Hall–Kier alpha value is -6.27.